The standard InChI is InChI=1S/C15H14N2O3/c16-9-11(15(18)17-12-2-3-12)7-10-1-4-13-14(8-10)20-6-5-19-13/h1,4,7-8,12H,2-3,5-6H2,(H,17,18)/b11-7+. The van der Waals surface area contributed by atoms with Gasteiger partial charge in [0.15, 0.2) is 11.5 Å². The fourth-order valence-corrected chi connectivity index (χ4v) is 1.96. The minimum absolute atomic E-state index is 0.105. The SMILES string of the molecule is N#C/C(=C\c1ccc2c(c1)OCCO2)C(=O)NC1CC1. The van der Waals surface area contributed by atoms with Crippen LogP contribution in [0, 0.1) is 11.3 Å². The highest BCUT2D eigenvalue weighted by atomic mass is 16.6. The van der Waals surface area contributed by atoms with Crippen LogP contribution in [-0.4, -0.2) is 25.2 Å². The fraction of sp³-hybridized carbons (Fsp3) is 0.333. The molecule has 5 nitrogen and oxygen atoms in total. The number of fused-ring (bicyclic) bond motifs is 1. The maximum Gasteiger partial charge on any atom is 0.262 e. The lowest BCUT2D eigenvalue weighted by Gasteiger charge is -2.18. The molecule has 0 unspecified atom stereocenters. The van der Waals surface area contributed by atoms with Gasteiger partial charge in [-0.25, -0.2) is 0 Å². The average molecular weight is 270 g/mol. The molecule has 1 aromatic carbocycles. The zero-order chi connectivity index (χ0) is 13.9. The number of rotatable bonds is 3. The van der Waals surface area contributed by atoms with Gasteiger partial charge in [0.25, 0.3) is 5.91 Å². The van der Waals surface area contributed by atoms with Crippen molar-refractivity contribution in [3.63, 3.8) is 0 Å². The lowest BCUT2D eigenvalue weighted by atomic mass is 10.1. The number of carbonyl (C=O) groups excluding carboxylic acids is 1. The summed E-state index contributed by atoms with van der Waals surface area (Å²) in [4.78, 5) is 11.9. The van der Waals surface area contributed by atoms with Gasteiger partial charge in [-0.1, -0.05) is 6.07 Å². The van der Waals surface area contributed by atoms with Crippen LogP contribution >= 0.6 is 0 Å². The second kappa shape index (κ2) is 5.25. The Morgan fingerprint density at radius 2 is 2.05 bits per heavy atom. The molecule has 5 heteroatoms. The molecule has 0 radical (unpaired) electrons. The first-order valence-corrected chi connectivity index (χ1v) is 6.58. The smallest absolute Gasteiger partial charge is 0.262 e. The van der Waals surface area contributed by atoms with Gasteiger partial charge in [-0.05, 0) is 36.6 Å². The van der Waals surface area contributed by atoms with Crippen molar-refractivity contribution >= 4 is 12.0 Å². The molecule has 1 N–H and O–H groups in total. The summed E-state index contributed by atoms with van der Waals surface area (Å²) in [6.45, 7) is 1.04. The lowest BCUT2D eigenvalue weighted by Crippen LogP contribution is -2.26. The van der Waals surface area contributed by atoms with Crippen LogP contribution in [0.4, 0.5) is 0 Å². The fourth-order valence-electron chi connectivity index (χ4n) is 1.96. The predicted octanol–water partition coefficient (Wildman–Crippen LogP) is 1.64. The first-order valence-electron chi connectivity index (χ1n) is 6.58. The van der Waals surface area contributed by atoms with Crippen LogP contribution in [0.15, 0.2) is 23.8 Å². The van der Waals surface area contributed by atoms with E-state index in [9.17, 15) is 4.79 Å². The molecule has 0 spiro atoms. The van der Waals surface area contributed by atoms with Crippen molar-refractivity contribution in [3.8, 4) is 17.6 Å². The summed E-state index contributed by atoms with van der Waals surface area (Å²) in [6.07, 6.45) is 3.55. The summed E-state index contributed by atoms with van der Waals surface area (Å²) in [5.41, 5.74) is 0.852. The number of amides is 1. The molecule has 0 bridgehead atoms. The Balaban J connectivity index is 1.81. The van der Waals surface area contributed by atoms with Gasteiger partial charge < -0.3 is 14.8 Å². The summed E-state index contributed by atoms with van der Waals surface area (Å²) in [5, 5.41) is 11.9. The van der Waals surface area contributed by atoms with Gasteiger partial charge in [0.05, 0.1) is 0 Å². The molecule has 20 heavy (non-hydrogen) atoms. The van der Waals surface area contributed by atoms with Gasteiger partial charge in [-0.3, -0.25) is 4.79 Å². The van der Waals surface area contributed by atoms with Gasteiger partial charge in [0.1, 0.15) is 24.9 Å². The van der Waals surface area contributed by atoms with E-state index < -0.39 is 0 Å². The summed E-state index contributed by atoms with van der Waals surface area (Å²) in [6, 6.07) is 7.54. The van der Waals surface area contributed by atoms with Crippen molar-refractivity contribution in [1.29, 1.82) is 5.26 Å². The first kappa shape index (κ1) is 12.5. The molecule has 1 aromatic rings. The Labute approximate surface area is 116 Å². The maximum atomic E-state index is 11.9. The second-order valence-electron chi connectivity index (χ2n) is 4.82. The van der Waals surface area contributed by atoms with Crippen LogP contribution in [0.5, 0.6) is 11.5 Å². The van der Waals surface area contributed by atoms with Crippen molar-refractivity contribution < 1.29 is 14.3 Å². The Morgan fingerprint density at radius 3 is 2.75 bits per heavy atom. The van der Waals surface area contributed by atoms with E-state index in [4.69, 9.17) is 14.7 Å². The average Bonchev–Trinajstić information content (AvgIpc) is 3.28. The molecule has 3 rings (SSSR count). The van der Waals surface area contributed by atoms with Gasteiger partial charge in [0.2, 0.25) is 0 Å². The van der Waals surface area contributed by atoms with E-state index >= 15 is 0 Å². The van der Waals surface area contributed by atoms with Crippen LogP contribution in [0.25, 0.3) is 6.08 Å². The first-order chi connectivity index (χ1) is 9.76. The zero-order valence-corrected chi connectivity index (χ0v) is 10.9. The highest BCUT2D eigenvalue weighted by Gasteiger charge is 2.24. The summed E-state index contributed by atoms with van der Waals surface area (Å²) < 4.78 is 10.9. The van der Waals surface area contributed by atoms with E-state index in [2.05, 4.69) is 5.32 Å². The van der Waals surface area contributed by atoms with E-state index in [0.717, 1.165) is 18.4 Å². The Hall–Kier alpha value is -2.48. The number of ether oxygens (including phenoxy) is 2. The summed E-state index contributed by atoms with van der Waals surface area (Å²) in [5.74, 6) is 1.02. The van der Waals surface area contributed by atoms with Crippen LogP contribution < -0.4 is 14.8 Å². The van der Waals surface area contributed by atoms with Crippen molar-refractivity contribution in [2.75, 3.05) is 13.2 Å². The third-order valence-electron chi connectivity index (χ3n) is 3.15. The number of nitriles is 1. The van der Waals surface area contributed by atoms with Crippen LogP contribution in [-0.2, 0) is 4.79 Å². The Bertz CT molecular complexity index is 612. The molecule has 2 aliphatic rings. The summed E-state index contributed by atoms with van der Waals surface area (Å²) >= 11 is 0. The number of nitrogens with one attached hydrogen (secondary N) is 1. The molecule has 1 aliphatic heterocycles. The molecular weight excluding hydrogens is 256 g/mol. The van der Waals surface area contributed by atoms with Crippen molar-refractivity contribution in [2.24, 2.45) is 0 Å². The maximum absolute atomic E-state index is 11.9. The number of nitrogens with zero attached hydrogens (tertiary/aromatic N) is 1. The third kappa shape index (κ3) is 2.75. The van der Waals surface area contributed by atoms with E-state index in [-0.39, 0.29) is 17.5 Å². The van der Waals surface area contributed by atoms with E-state index in [1.54, 1.807) is 24.3 Å². The molecule has 0 aromatic heterocycles. The molecular formula is C15H14N2O3. The largest absolute Gasteiger partial charge is 0.486 e. The minimum Gasteiger partial charge on any atom is -0.486 e. The molecule has 1 saturated carbocycles. The molecule has 1 aliphatic carbocycles. The Morgan fingerprint density at radius 1 is 1.30 bits per heavy atom. The van der Waals surface area contributed by atoms with Crippen molar-refractivity contribution in [2.45, 2.75) is 18.9 Å². The van der Waals surface area contributed by atoms with Gasteiger partial charge in [-0.15, -0.1) is 0 Å². The molecule has 102 valence electrons. The van der Waals surface area contributed by atoms with E-state index in [1.807, 2.05) is 6.07 Å². The predicted molar refractivity (Wildman–Crippen MR) is 72.2 cm³/mol. The van der Waals surface area contributed by atoms with Gasteiger partial charge >= 0.3 is 0 Å². The molecule has 0 saturated heterocycles. The number of hydrogen-bond donors (Lipinski definition) is 1. The number of carbonyl (C=O) groups is 1. The Kier molecular flexibility index (Phi) is 3.30. The molecule has 1 amide bonds. The summed E-state index contributed by atoms with van der Waals surface area (Å²) in [7, 11) is 0. The molecule has 1 fully saturated rings. The quantitative estimate of drug-likeness (QED) is 0.669. The van der Waals surface area contributed by atoms with Crippen LogP contribution in [0.2, 0.25) is 0 Å². The zero-order valence-electron chi connectivity index (χ0n) is 10.9. The highest BCUT2D eigenvalue weighted by Crippen LogP contribution is 2.31. The van der Waals surface area contributed by atoms with E-state index in [1.165, 1.54) is 0 Å². The van der Waals surface area contributed by atoms with Crippen LogP contribution in [0.3, 0.4) is 0 Å². The monoisotopic (exact) mass is 270 g/mol. The van der Waals surface area contributed by atoms with Crippen molar-refractivity contribution in [1.82, 2.24) is 5.32 Å². The molecule has 1 heterocycles. The normalized spacial score (nSPS) is 17.2. The number of benzene rings is 1. The lowest BCUT2D eigenvalue weighted by molar-refractivity contribution is -0.117. The van der Waals surface area contributed by atoms with Gasteiger partial charge in [0, 0.05) is 6.04 Å². The van der Waals surface area contributed by atoms with Gasteiger partial charge in [-0.2, -0.15) is 5.26 Å². The van der Waals surface area contributed by atoms with Crippen molar-refractivity contribution in [3.05, 3.63) is 29.3 Å². The number of hydrogen-bond acceptors (Lipinski definition) is 4. The van der Waals surface area contributed by atoms with Crippen LogP contribution in [0.1, 0.15) is 18.4 Å². The second-order valence-corrected chi connectivity index (χ2v) is 4.82. The highest BCUT2D eigenvalue weighted by molar-refractivity contribution is 6.02. The molecule has 0 atom stereocenters. The minimum atomic E-state index is -0.315. The van der Waals surface area contributed by atoms with E-state index in [0.29, 0.717) is 24.7 Å². The third-order valence-corrected chi connectivity index (χ3v) is 3.15. The topological polar surface area (TPSA) is 71.3 Å².